The predicted octanol–water partition coefficient (Wildman–Crippen LogP) is 3.74. The summed E-state index contributed by atoms with van der Waals surface area (Å²) >= 11 is 11.0. The number of hydrogen-bond acceptors (Lipinski definition) is 2. The number of aromatic amines is 1. The van der Waals surface area contributed by atoms with Crippen LogP contribution in [0.15, 0.2) is 12.1 Å². The summed E-state index contributed by atoms with van der Waals surface area (Å²) < 4.78 is 28.6. The minimum atomic E-state index is -0.751. The molecule has 3 nitrogen and oxygen atoms in total. The van der Waals surface area contributed by atoms with Gasteiger partial charge in [0.05, 0.1) is 5.02 Å². The summed E-state index contributed by atoms with van der Waals surface area (Å²) in [6.07, 6.45) is 1.97. The molecule has 7 heteroatoms. The molecule has 0 atom stereocenters. The molecule has 0 spiro atoms. The molecular weight excluding hydrogens is 280 g/mol. The first-order valence-corrected chi connectivity index (χ1v) is 6.19. The molecule has 18 heavy (non-hydrogen) atoms. The van der Waals surface area contributed by atoms with Crippen LogP contribution in [-0.2, 0) is 0 Å². The lowest BCUT2D eigenvalue weighted by molar-refractivity contribution is 0.576. The van der Waals surface area contributed by atoms with Gasteiger partial charge in [0.2, 0.25) is 0 Å². The van der Waals surface area contributed by atoms with Gasteiger partial charge in [0.25, 0.3) is 0 Å². The molecule has 3 rings (SSSR count). The van der Waals surface area contributed by atoms with Gasteiger partial charge in [-0.3, -0.25) is 9.67 Å². The summed E-state index contributed by atoms with van der Waals surface area (Å²) in [7, 11) is 0. The zero-order chi connectivity index (χ0) is 12.9. The lowest BCUT2D eigenvalue weighted by Gasteiger charge is -2.09. The Hall–Kier alpha value is -1.27. The Balaban J connectivity index is 2.27. The van der Waals surface area contributed by atoms with Crippen LogP contribution in [0, 0.1) is 16.4 Å². The Morgan fingerprint density at radius 2 is 2.11 bits per heavy atom. The Bertz CT molecular complexity index is 652. The van der Waals surface area contributed by atoms with E-state index in [1.165, 1.54) is 4.57 Å². The molecule has 1 saturated carbocycles. The van der Waals surface area contributed by atoms with Gasteiger partial charge in [-0.15, -0.1) is 0 Å². The Kier molecular flexibility index (Phi) is 2.71. The molecule has 0 bridgehead atoms. The van der Waals surface area contributed by atoms with Crippen molar-refractivity contribution in [1.29, 1.82) is 0 Å². The zero-order valence-electron chi connectivity index (χ0n) is 9.08. The lowest BCUT2D eigenvalue weighted by atomic mass is 10.2. The van der Waals surface area contributed by atoms with Crippen LogP contribution in [0.3, 0.4) is 0 Å². The summed E-state index contributed by atoms with van der Waals surface area (Å²) in [5, 5.41) is 6.69. The zero-order valence-corrected chi connectivity index (χ0v) is 10.7. The first kappa shape index (κ1) is 11.8. The van der Waals surface area contributed by atoms with Gasteiger partial charge in [0.1, 0.15) is 17.3 Å². The summed E-state index contributed by atoms with van der Waals surface area (Å²) in [5.74, 6) is -0.561. The van der Waals surface area contributed by atoms with Gasteiger partial charge in [-0.1, -0.05) is 11.6 Å². The first-order chi connectivity index (χ1) is 8.58. The molecule has 1 aromatic heterocycles. The normalized spacial score (nSPS) is 15.1. The van der Waals surface area contributed by atoms with E-state index in [-0.39, 0.29) is 21.4 Å². The van der Waals surface area contributed by atoms with E-state index in [0.717, 1.165) is 25.0 Å². The Labute approximate surface area is 111 Å². The third-order valence-electron chi connectivity index (χ3n) is 2.85. The lowest BCUT2D eigenvalue weighted by Crippen LogP contribution is -2.04. The first-order valence-electron chi connectivity index (χ1n) is 5.40. The van der Waals surface area contributed by atoms with Crippen LogP contribution >= 0.6 is 23.8 Å². The highest BCUT2D eigenvalue weighted by Crippen LogP contribution is 2.40. The fraction of sp³-hybridized carbons (Fsp3) is 0.273. The number of hydrogen-bond donors (Lipinski definition) is 1. The molecule has 1 N–H and O–H groups in total. The number of nitrogens with one attached hydrogen (secondary N) is 1. The molecule has 0 saturated heterocycles. The summed E-state index contributed by atoms with van der Waals surface area (Å²) in [4.78, 5) is 0. The van der Waals surface area contributed by atoms with Gasteiger partial charge in [0.15, 0.2) is 10.6 Å². The quantitative estimate of drug-likeness (QED) is 0.854. The standard InChI is InChI=1S/C11H8ClF2N3S/c12-7-3-6(13)4-8(14)9(7)17-10(5-1-2-5)15-16-11(17)18/h3-5H,1-2H2,(H,16,18). The number of H-pyrrole nitrogens is 1. The van der Waals surface area contributed by atoms with Crippen molar-refractivity contribution < 1.29 is 8.78 Å². The van der Waals surface area contributed by atoms with Crippen LogP contribution in [0.1, 0.15) is 24.6 Å². The van der Waals surface area contributed by atoms with Crippen molar-refractivity contribution in [2.45, 2.75) is 18.8 Å². The van der Waals surface area contributed by atoms with Crippen LogP contribution < -0.4 is 0 Å². The molecule has 0 radical (unpaired) electrons. The topological polar surface area (TPSA) is 33.6 Å². The molecule has 1 aliphatic carbocycles. The van der Waals surface area contributed by atoms with Crippen LogP contribution in [0.25, 0.3) is 5.69 Å². The van der Waals surface area contributed by atoms with Crippen molar-refractivity contribution in [1.82, 2.24) is 14.8 Å². The summed E-state index contributed by atoms with van der Waals surface area (Å²) in [6, 6.07) is 1.85. The Morgan fingerprint density at radius 3 is 2.72 bits per heavy atom. The van der Waals surface area contributed by atoms with E-state index < -0.39 is 11.6 Å². The average molecular weight is 288 g/mol. The van der Waals surface area contributed by atoms with Crippen molar-refractivity contribution in [2.24, 2.45) is 0 Å². The number of aromatic nitrogens is 3. The number of benzene rings is 1. The maximum Gasteiger partial charge on any atom is 0.200 e. The third-order valence-corrected chi connectivity index (χ3v) is 3.41. The van der Waals surface area contributed by atoms with E-state index in [1.807, 2.05) is 0 Å². The molecule has 2 aromatic rings. The molecule has 1 aromatic carbocycles. The molecule has 1 heterocycles. The van der Waals surface area contributed by atoms with E-state index >= 15 is 0 Å². The van der Waals surface area contributed by atoms with Crippen molar-refractivity contribution >= 4 is 23.8 Å². The average Bonchev–Trinajstić information content (AvgIpc) is 3.04. The SMILES string of the molecule is Fc1cc(F)c(-n2c(C3CC3)n[nH]c2=S)c(Cl)c1. The van der Waals surface area contributed by atoms with Gasteiger partial charge in [-0.25, -0.2) is 8.78 Å². The van der Waals surface area contributed by atoms with E-state index in [4.69, 9.17) is 23.8 Å². The molecule has 0 unspecified atom stereocenters. The number of halogens is 3. The maximum atomic E-state index is 13.9. The second-order valence-electron chi connectivity index (χ2n) is 4.21. The third kappa shape index (κ3) is 1.85. The fourth-order valence-corrected chi connectivity index (χ4v) is 2.40. The van der Waals surface area contributed by atoms with Gasteiger partial charge < -0.3 is 0 Å². The fourth-order valence-electron chi connectivity index (χ4n) is 1.89. The van der Waals surface area contributed by atoms with Crippen LogP contribution in [0.5, 0.6) is 0 Å². The Morgan fingerprint density at radius 1 is 1.39 bits per heavy atom. The van der Waals surface area contributed by atoms with Crippen LogP contribution in [0.2, 0.25) is 5.02 Å². The van der Waals surface area contributed by atoms with Gasteiger partial charge >= 0.3 is 0 Å². The van der Waals surface area contributed by atoms with Crippen molar-refractivity contribution in [2.75, 3.05) is 0 Å². The molecule has 94 valence electrons. The summed E-state index contributed by atoms with van der Waals surface area (Å²) in [6.45, 7) is 0. The van der Waals surface area contributed by atoms with Crippen molar-refractivity contribution in [3.8, 4) is 5.69 Å². The highest BCUT2D eigenvalue weighted by molar-refractivity contribution is 7.71. The largest absolute Gasteiger partial charge is 0.267 e. The van der Waals surface area contributed by atoms with E-state index in [1.54, 1.807) is 0 Å². The monoisotopic (exact) mass is 287 g/mol. The second-order valence-corrected chi connectivity index (χ2v) is 5.01. The molecule has 1 aliphatic rings. The van der Waals surface area contributed by atoms with Gasteiger partial charge in [-0.05, 0) is 31.1 Å². The molecule has 1 fully saturated rings. The second kappa shape index (κ2) is 4.13. The van der Waals surface area contributed by atoms with E-state index in [9.17, 15) is 8.78 Å². The van der Waals surface area contributed by atoms with E-state index in [2.05, 4.69) is 10.2 Å². The van der Waals surface area contributed by atoms with Gasteiger partial charge in [-0.2, -0.15) is 5.10 Å². The van der Waals surface area contributed by atoms with Crippen molar-refractivity contribution in [3.63, 3.8) is 0 Å². The maximum absolute atomic E-state index is 13.9. The van der Waals surface area contributed by atoms with Crippen LogP contribution in [-0.4, -0.2) is 14.8 Å². The number of nitrogens with zero attached hydrogens (tertiary/aromatic N) is 2. The minimum Gasteiger partial charge on any atom is -0.267 e. The minimum absolute atomic E-state index is 0.0214. The summed E-state index contributed by atoms with van der Waals surface area (Å²) in [5.41, 5.74) is 0.0544. The smallest absolute Gasteiger partial charge is 0.200 e. The molecular formula is C11H8ClF2N3S. The molecule has 0 amide bonds. The highest BCUT2D eigenvalue weighted by Gasteiger charge is 2.30. The predicted molar refractivity (Wildman–Crippen MR) is 65.6 cm³/mol. The number of rotatable bonds is 2. The van der Waals surface area contributed by atoms with E-state index in [0.29, 0.717) is 5.82 Å². The van der Waals surface area contributed by atoms with Crippen LogP contribution in [0.4, 0.5) is 8.78 Å². The van der Waals surface area contributed by atoms with Crippen molar-refractivity contribution in [3.05, 3.63) is 39.4 Å². The van der Waals surface area contributed by atoms with Gasteiger partial charge in [0, 0.05) is 12.0 Å². The molecule has 0 aliphatic heterocycles. The highest BCUT2D eigenvalue weighted by atomic mass is 35.5.